The first-order valence-electron chi connectivity index (χ1n) is 10.7. The number of rotatable bonds is 3. The van der Waals surface area contributed by atoms with Crippen LogP contribution in [-0.2, 0) is 16.0 Å². The van der Waals surface area contributed by atoms with E-state index >= 15 is 0 Å². The van der Waals surface area contributed by atoms with Crippen molar-refractivity contribution in [2.75, 3.05) is 18.4 Å². The van der Waals surface area contributed by atoms with Crippen molar-refractivity contribution in [1.82, 2.24) is 9.88 Å². The van der Waals surface area contributed by atoms with E-state index in [0.29, 0.717) is 24.5 Å². The Bertz CT molecular complexity index is 1230. The molecule has 1 aromatic heterocycles. The summed E-state index contributed by atoms with van der Waals surface area (Å²) in [5.74, 6) is -0.242. The molecule has 2 aromatic carbocycles. The third kappa shape index (κ3) is 3.10. The first kappa shape index (κ1) is 19.4. The van der Waals surface area contributed by atoms with Crippen molar-refractivity contribution in [3.05, 3.63) is 65.9 Å². The molecule has 2 aliphatic rings. The SMILES string of the molecule is CCc1cccc2c(C3=CCN(C(=O)C4(C)Oc5ccccc5NC4=O)CC3)c[nH]c12. The van der Waals surface area contributed by atoms with Crippen LogP contribution in [0.1, 0.15) is 31.4 Å². The molecule has 0 radical (unpaired) electrons. The van der Waals surface area contributed by atoms with Gasteiger partial charge < -0.3 is 19.9 Å². The number of carbonyl (C=O) groups is 2. The van der Waals surface area contributed by atoms with Crippen LogP contribution < -0.4 is 10.1 Å². The third-order valence-electron chi connectivity index (χ3n) is 6.32. The molecule has 5 rings (SSSR count). The molecule has 3 heterocycles. The summed E-state index contributed by atoms with van der Waals surface area (Å²) < 4.78 is 5.90. The molecule has 158 valence electrons. The van der Waals surface area contributed by atoms with Crippen LogP contribution in [0, 0.1) is 0 Å². The van der Waals surface area contributed by atoms with E-state index in [1.165, 1.54) is 27.6 Å². The Balaban J connectivity index is 1.38. The van der Waals surface area contributed by atoms with Crippen LogP contribution in [0.2, 0.25) is 0 Å². The van der Waals surface area contributed by atoms with Crippen LogP contribution in [0.15, 0.2) is 54.7 Å². The summed E-state index contributed by atoms with van der Waals surface area (Å²) in [7, 11) is 0. The number of aryl methyl sites for hydroxylation is 1. The maximum absolute atomic E-state index is 13.3. The average molecular weight is 415 g/mol. The Hall–Kier alpha value is -3.54. The van der Waals surface area contributed by atoms with Crippen LogP contribution >= 0.6 is 0 Å². The number of fused-ring (bicyclic) bond motifs is 2. The van der Waals surface area contributed by atoms with Crippen molar-refractivity contribution >= 4 is 34.0 Å². The number of amides is 2. The van der Waals surface area contributed by atoms with E-state index in [1.807, 2.05) is 12.1 Å². The number of nitrogens with one attached hydrogen (secondary N) is 2. The van der Waals surface area contributed by atoms with Gasteiger partial charge in [0.1, 0.15) is 5.75 Å². The van der Waals surface area contributed by atoms with Gasteiger partial charge in [0.25, 0.3) is 17.4 Å². The summed E-state index contributed by atoms with van der Waals surface area (Å²) in [6, 6.07) is 13.5. The van der Waals surface area contributed by atoms with E-state index in [4.69, 9.17) is 4.74 Å². The van der Waals surface area contributed by atoms with Gasteiger partial charge in [0, 0.05) is 35.8 Å². The van der Waals surface area contributed by atoms with Crippen molar-refractivity contribution in [3.8, 4) is 5.75 Å². The second kappa shape index (κ2) is 7.30. The zero-order chi connectivity index (χ0) is 21.6. The van der Waals surface area contributed by atoms with Crippen molar-refractivity contribution < 1.29 is 14.3 Å². The number of hydrogen-bond acceptors (Lipinski definition) is 3. The molecule has 6 heteroatoms. The monoisotopic (exact) mass is 415 g/mol. The molecule has 0 saturated carbocycles. The number of aromatic amines is 1. The quantitative estimate of drug-likeness (QED) is 0.632. The fraction of sp³-hybridized carbons (Fsp3) is 0.280. The molecule has 0 saturated heterocycles. The zero-order valence-electron chi connectivity index (χ0n) is 17.7. The Morgan fingerprint density at radius 3 is 2.81 bits per heavy atom. The number of nitrogens with zero attached hydrogens (tertiary/aromatic N) is 1. The topological polar surface area (TPSA) is 74.4 Å². The Kier molecular flexibility index (Phi) is 4.58. The van der Waals surface area contributed by atoms with Crippen LogP contribution in [0.5, 0.6) is 5.75 Å². The summed E-state index contributed by atoms with van der Waals surface area (Å²) in [5.41, 5.74) is 3.89. The molecule has 6 nitrogen and oxygen atoms in total. The van der Waals surface area contributed by atoms with E-state index in [1.54, 1.807) is 24.0 Å². The number of anilines is 1. The summed E-state index contributed by atoms with van der Waals surface area (Å²) in [6.07, 6.45) is 5.84. The normalized spacial score (nSPS) is 20.6. The lowest BCUT2D eigenvalue weighted by molar-refractivity contribution is -0.154. The molecule has 1 atom stereocenters. The lowest BCUT2D eigenvalue weighted by Crippen LogP contribution is -2.60. The highest BCUT2D eigenvalue weighted by atomic mass is 16.5. The van der Waals surface area contributed by atoms with Gasteiger partial charge in [0.05, 0.1) is 5.69 Å². The van der Waals surface area contributed by atoms with Gasteiger partial charge in [-0.3, -0.25) is 9.59 Å². The molecule has 31 heavy (non-hydrogen) atoms. The number of benzene rings is 2. The Morgan fingerprint density at radius 1 is 1.19 bits per heavy atom. The van der Waals surface area contributed by atoms with Crippen molar-refractivity contribution in [1.29, 1.82) is 0 Å². The van der Waals surface area contributed by atoms with Gasteiger partial charge in [0.15, 0.2) is 0 Å². The van der Waals surface area contributed by atoms with Gasteiger partial charge in [-0.05, 0) is 43.0 Å². The average Bonchev–Trinajstić information content (AvgIpc) is 3.24. The van der Waals surface area contributed by atoms with Gasteiger partial charge in [-0.1, -0.05) is 43.3 Å². The first-order chi connectivity index (χ1) is 15.0. The second-order valence-corrected chi connectivity index (χ2v) is 8.21. The molecule has 0 bridgehead atoms. The highest BCUT2D eigenvalue weighted by Gasteiger charge is 2.49. The molecule has 0 aliphatic carbocycles. The maximum Gasteiger partial charge on any atom is 0.278 e. The molecule has 0 fully saturated rings. The minimum Gasteiger partial charge on any atom is -0.466 e. The summed E-state index contributed by atoms with van der Waals surface area (Å²) in [4.78, 5) is 31.1. The fourth-order valence-electron chi connectivity index (χ4n) is 4.48. The lowest BCUT2D eigenvalue weighted by atomic mass is 9.95. The van der Waals surface area contributed by atoms with Gasteiger partial charge in [0.2, 0.25) is 0 Å². The van der Waals surface area contributed by atoms with Crippen LogP contribution in [0.25, 0.3) is 16.5 Å². The molecule has 1 unspecified atom stereocenters. The van der Waals surface area contributed by atoms with Crippen molar-refractivity contribution in [2.24, 2.45) is 0 Å². The molecule has 2 N–H and O–H groups in total. The highest BCUT2D eigenvalue weighted by Crippen LogP contribution is 2.35. The number of hydrogen-bond donors (Lipinski definition) is 2. The van der Waals surface area contributed by atoms with Gasteiger partial charge >= 0.3 is 0 Å². The standard InChI is InChI=1S/C25H25N3O3/c1-3-16-7-6-8-18-19(15-26-22(16)18)17-11-13-28(14-12-17)24(30)25(2)23(29)27-20-9-4-5-10-21(20)31-25/h4-11,15,26H,3,12-14H2,1-2H3,(H,27,29). The number of carbonyl (C=O) groups excluding carboxylic acids is 2. The van der Waals surface area contributed by atoms with E-state index in [-0.39, 0.29) is 5.91 Å². The van der Waals surface area contributed by atoms with Crippen LogP contribution in [0.4, 0.5) is 5.69 Å². The van der Waals surface area contributed by atoms with E-state index in [9.17, 15) is 9.59 Å². The molecular weight excluding hydrogens is 390 g/mol. The highest BCUT2D eigenvalue weighted by molar-refractivity contribution is 6.15. The summed E-state index contributed by atoms with van der Waals surface area (Å²) >= 11 is 0. The number of H-pyrrole nitrogens is 1. The van der Waals surface area contributed by atoms with Crippen LogP contribution in [0.3, 0.4) is 0 Å². The van der Waals surface area contributed by atoms with Gasteiger partial charge in [-0.15, -0.1) is 0 Å². The molecule has 2 aliphatic heterocycles. The smallest absolute Gasteiger partial charge is 0.278 e. The predicted octanol–water partition coefficient (Wildman–Crippen LogP) is 4.14. The van der Waals surface area contributed by atoms with Crippen molar-refractivity contribution in [2.45, 2.75) is 32.3 Å². The summed E-state index contributed by atoms with van der Waals surface area (Å²) in [6.45, 7) is 4.69. The van der Waals surface area contributed by atoms with Crippen LogP contribution in [-0.4, -0.2) is 40.4 Å². The minimum atomic E-state index is -1.57. The van der Waals surface area contributed by atoms with Gasteiger partial charge in [-0.25, -0.2) is 0 Å². The number of aromatic nitrogens is 1. The second-order valence-electron chi connectivity index (χ2n) is 8.21. The predicted molar refractivity (Wildman–Crippen MR) is 121 cm³/mol. The first-order valence-corrected chi connectivity index (χ1v) is 10.7. The van der Waals surface area contributed by atoms with E-state index in [0.717, 1.165) is 12.8 Å². The molecular formula is C25H25N3O3. The molecule has 3 aromatic rings. The van der Waals surface area contributed by atoms with Crippen molar-refractivity contribution in [3.63, 3.8) is 0 Å². The third-order valence-corrected chi connectivity index (χ3v) is 6.32. The van der Waals surface area contributed by atoms with Gasteiger partial charge in [-0.2, -0.15) is 0 Å². The molecule has 0 spiro atoms. The number of ether oxygens (including phenoxy) is 1. The van der Waals surface area contributed by atoms with E-state index < -0.39 is 11.5 Å². The Morgan fingerprint density at radius 2 is 2.03 bits per heavy atom. The Labute approximate surface area is 180 Å². The summed E-state index contributed by atoms with van der Waals surface area (Å²) in [5, 5.41) is 4.01. The van der Waals surface area contributed by atoms with E-state index in [2.05, 4.69) is 47.7 Å². The lowest BCUT2D eigenvalue weighted by Gasteiger charge is -2.38. The largest absolute Gasteiger partial charge is 0.466 e. The zero-order valence-corrected chi connectivity index (χ0v) is 17.7. The minimum absolute atomic E-state index is 0.318. The molecule has 2 amide bonds. The maximum atomic E-state index is 13.3. The number of para-hydroxylation sites is 3. The fourth-order valence-corrected chi connectivity index (χ4v) is 4.48.